The Morgan fingerprint density at radius 1 is 1.44 bits per heavy atom. The van der Waals surface area contributed by atoms with Gasteiger partial charge in [-0.05, 0) is 26.2 Å². The van der Waals surface area contributed by atoms with Gasteiger partial charge in [-0.1, -0.05) is 13.8 Å². The zero-order valence-corrected chi connectivity index (χ0v) is 12.8. The van der Waals surface area contributed by atoms with Gasteiger partial charge in [-0.2, -0.15) is 0 Å². The highest BCUT2D eigenvalue weighted by Crippen LogP contribution is 2.17. The second kappa shape index (κ2) is 7.24. The maximum atomic E-state index is 12.3. The molecular formula is C13H26N2O2S. The van der Waals surface area contributed by atoms with Crippen LogP contribution in [0, 0.1) is 0 Å². The number of rotatable bonds is 6. The van der Waals surface area contributed by atoms with Crippen LogP contribution in [0.4, 0.5) is 0 Å². The smallest absolute Gasteiger partial charge is 0.239 e. The molecule has 1 saturated heterocycles. The highest BCUT2D eigenvalue weighted by Gasteiger charge is 2.31. The molecule has 106 valence electrons. The lowest BCUT2D eigenvalue weighted by Gasteiger charge is -2.37. The molecule has 1 N–H and O–H groups in total. The standard InChI is InChI=1S/C13H26N2O2S/c1-10(2)14-12-6-5-8-15(13(12)16)11(3)7-9-18(4)17/h10-12,14H,5-9H2,1-4H3. The quantitative estimate of drug-likeness (QED) is 0.790. The summed E-state index contributed by atoms with van der Waals surface area (Å²) in [7, 11) is -0.773. The van der Waals surface area contributed by atoms with Crippen molar-refractivity contribution in [3.05, 3.63) is 0 Å². The molecule has 1 rings (SSSR count). The maximum Gasteiger partial charge on any atom is 0.239 e. The molecule has 1 fully saturated rings. The number of hydrogen-bond donors (Lipinski definition) is 1. The van der Waals surface area contributed by atoms with Crippen molar-refractivity contribution in [2.24, 2.45) is 0 Å². The van der Waals surface area contributed by atoms with E-state index in [2.05, 4.69) is 26.1 Å². The van der Waals surface area contributed by atoms with Crippen molar-refractivity contribution >= 4 is 16.7 Å². The fraction of sp³-hybridized carbons (Fsp3) is 0.923. The summed E-state index contributed by atoms with van der Waals surface area (Å²) < 4.78 is 11.1. The van der Waals surface area contributed by atoms with Gasteiger partial charge in [-0.25, -0.2) is 0 Å². The van der Waals surface area contributed by atoms with Crippen LogP contribution in [-0.4, -0.2) is 51.7 Å². The van der Waals surface area contributed by atoms with E-state index < -0.39 is 10.8 Å². The highest BCUT2D eigenvalue weighted by molar-refractivity contribution is 7.84. The summed E-state index contributed by atoms with van der Waals surface area (Å²) in [6.45, 7) is 7.03. The van der Waals surface area contributed by atoms with Gasteiger partial charge < -0.3 is 10.2 Å². The molecule has 1 aliphatic rings. The molecule has 3 unspecified atom stereocenters. The van der Waals surface area contributed by atoms with E-state index >= 15 is 0 Å². The summed E-state index contributed by atoms with van der Waals surface area (Å²) in [6.07, 6.45) is 4.52. The number of piperidine rings is 1. The Labute approximate surface area is 113 Å². The molecule has 0 aromatic rings. The van der Waals surface area contributed by atoms with Crippen molar-refractivity contribution in [2.45, 2.75) is 58.2 Å². The van der Waals surface area contributed by atoms with Crippen LogP contribution in [0.1, 0.15) is 40.0 Å². The SMILES string of the molecule is CC(C)NC1CCCN(C(C)CCS(C)=O)C1=O. The van der Waals surface area contributed by atoms with Gasteiger partial charge in [0.2, 0.25) is 5.91 Å². The Balaban J connectivity index is 2.54. The summed E-state index contributed by atoms with van der Waals surface area (Å²) in [5.74, 6) is 0.886. The summed E-state index contributed by atoms with van der Waals surface area (Å²) in [5, 5.41) is 3.33. The maximum absolute atomic E-state index is 12.3. The van der Waals surface area contributed by atoms with E-state index in [9.17, 15) is 9.00 Å². The molecule has 0 aromatic heterocycles. The Hall–Kier alpha value is -0.420. The zero-order valence-electron chi connectivity index (χ0n) is 11.9. The van der Waals surface area contributed by atoms with Crippen LogP contribution in [0.5, 0.6) is 0 Å². The van der Waals surface area contributed by atoms with Crippen molar-refractivity contribution in [2.75, 3.05) is 18.6 Å². The Morgan fingerprint density at radius 3 is 2.67 bits per heavy atom. The third kappa shape index (κ3) is 4.69. The van der Waals surface area contributed by atoms with Gasteiger partial charge in [0.05, 0.1) is 6.04 Å². The third-order valence-corrected chi connectivity index (χ3v) is 4.17. The highest BCUT2D eigenvalue weighted by atomic mass is 32.2. The van der Waals surface area contributed by atoms with E-state index in [4.69, 9.17) is 0 Å². The first-order valence-electron chi connectivity index (χ1n) is 6.78. The number of hydrogen-bond acceptors (Lipinski definition) is 3. The minimum absolute atomic E-state index is 0.0340. The zero-order chi connectivity index (χ0) is 13.7. The number of nitrogens with one attached hydrogen (secondary N) is 1. The average molecular weight is 274 g/mol. The van der Waals surface area contributed by atoms with E-state index in [1.165, 1.54) is 0 Å². The Bertz CT molecular complexity index is 307. The number of likely N-dealkylation sites (tertiary alicyclic amines) is 1. The molecule has 4 nitrogen and oxygen atoms in total. The van der Waals surface area contributed by atoms with E-state index in [0.29, 0.717) is 11.8 Å². The number of carbonyl (C=O) groups excluding carboxylic acids is 1. The van der Waals surface area contributed by atoms with E-state index in [1.54, 1.807) is 6.26 Å². The van der Waals surface area contributed by atoms with Crippen molar-refractivity contribution < 1.29 is 9.00 Å². The van der Waals surface area contributed by atoms with Crippen LogP contribution in [0.25, 0.3) is 0 Å². The second-order valence-electron chi connectivity index (χ2n) is 5.46. The van der Waals surface area contributed by atoms with E-state index in [-0.39, 0.29) is 18.0 Å². The molecule has 5 heteroatoms. The molecular weight excluding hydrogens is 248 g/mol. The van der Waals surface area contributed by atoms with Gasteiger partial charge in [0.1, 0.15) is 0 Å². The van der Waals surface area contributed by atoms with Gasteiger partial charge in [0.15, 0.2) is 0 Å². The van der Waals surface area contributed by atoms with Gasteiger partial charge in [0, 0.05) is 41.4 Å². The first kappa shape index (κ1) is 15.6. The monoisotopic (exact) mass is 274 g/mol. The largest absolute Gasteiger partial charge is 0.339 e. The lowest BCUT2D eigenvalue weighted by Crippen LogP contribution is -2.55. The average Bonchev–Trinajstić information content (AvgIpc) is 2.28. The van der Waals surface area contributed by atoms with E-state index in [0.717, 1.165) is 25.8 Å². The first-order valence-corrected chi connectivity index (χ1v) is 8.51. The summed E-state index contributed by atoms with van der Waals surface area (Å²) >= 11 is 0. The van der Waals surface area contributed by atoms with Gasteiger partial charge in [-0.15, -0.1) is 0 Å². The molecule has 0 saturated carbocycles. The minimum atomic E-state index is -0.773. The van der Waals surface area contributed by atoms with Crippen LogP contribution in [0.15, 0.2) is 0 Å². The van der Waals surface area contributed by atoms with Crippen molar-refractivity contribution in [1.29, 1.82) is 0 Å². The molecule has 18 heavy (non-hydrogen) atoms. The number of carbonyl (C=O) groups is 1. The lowest BCUT2D eigenvalue weighted by atomic mass is 10.0. The van der Waals surface area contributed by atoms with E-state index in [1.807, 2.05) is 4.90 Å². The van der Waals surface area contributed by atoms with Gasteiger partial charge in [-0.3, -0.25) is 9.00 Å². The Morgan fingerprint density at radius 2 is 2.11 bits per heavy atom. The summed E-state index contributed by atoms with van der Waals surface area (Å²) in [5.41, 5.74) is 0. The summed E-state index contributed by atoms with van der Waals surface area (Å²) in [6, 6.07) is 0.490. The van der Waals surface area contributed by atoms with Crippen LogP contribution in [0.3, 0.4) is 0 Å². The molecule has 3 atom stereocenters. The van der Waals surface area contributed by atoms with Gasteiger partial charge >= 0.3 is 0 Å². The topological polar surface area (TPSA) is 49.4 Å². The predicted octanol–water partition coefficient (Wildman–Crippen LogP) is 1.13. The molecule has 0 aromatic carbocycles. The van der Waals surface area contributed by atoms with Crippen LogP contribution >= 0.6 is 0 Å². The van der Waals surface area contributed by atoms with Gasteiger partial charge in [0.25, 0.3) is 0 Å². The van der Waals surface area contributed by atoms with Crippen molar-refractivity contribution in [1.82, 2.24) is 10.2 Å². The number of nitrogens with zero attached hydrogens (tertiary/aromatic N) is 1. The second-order valence-corrected chi connectivity index (χ2v) is 7.02. The minimum Gasteiger partial charge on any atom is -0.339 e. The molecule has 0 aliphatic carbocycles. The van der Waals surface area contributed by atoms with Crippen LogP contribution in [0.2, 0.25) is 0 Å². The Kier molecular flexibility index (Phi) is 6.29. The predicted molar refractivity (Wildman–Crippen MR) is 76.0 cm³/mol. The normalized spacial score (nSPS) is 24.4. The fourth-order valence-corrected chi connectivity index (χ4v) is 3.06. The molecule has 1 heterocycles. The van der Waals surface area contributed by atoms with Crippen molar-refractivity contribution in [3.8, 4) is 0 Å². The lowest BCUT2D eigenvalue weighted by molar-refractivity contribution is -0.138. The fourth-order valence-electron chi connectivity index (χ4n) is 2.39. The van der Waals surface area contributed by atoms with Crippen LogP contribution in [-0.2, 0) is 15.6 Å². The first-order chi connectivity index (χ1) is 8.41. The molecule has 1 aliphatic heterocycles. The van der Waals surface area contributed by atoms with Crippen molar-refractivity contribution in [3.63, 3.8) is 0 Å². The summed E-state index contributed by atoms with van der Waals surface area (Å²) in [4.78, 5) is 14.3. The molecule has 0 bridgehead atoms. The molecule has 0 radical (unpaired) electrons. The third-order valence-electron chi connectivity index (χ3n) is 3.36. The van der Waals surface area contributed by atoms with Crippen LogP contribution < -0.4 is 5.32 Å². The molecule has 0 spiro atoms. The number of amides is 1. The molecule has 1 amide bonds.